The molecule has 0 saturated heterocycles. The molecule has 1 aliphatic carbocycles. The lowest BCUT2D eigenvalue weighted by Crippen LogP contribution is -2.61. The predicted molar refractivity (Wildman–Crippen MR) is 375 cm³/mol. The first-order valence-corrected chi connectivity index (χ1v) is 31.2. The summed E-state index contributed by atoms with van der Waals surface area (Å²) in [5.41, 5.74) is 27.9. The van der Waals surface area contributed by atoms with Crippen molar-refractivity contribution in [1.82, 2.24) is 0 Å². The van der Waals surface area contributed by atoms with Crippen LogP contribution in [0.1, 0.15) is 104 Å². The highest BCUT2D eigenvalue weighted by Gasteiger charge is 2.47. The maximum absolute atomic E-state index is 2.70. The van der Waals surface area contributed by atoms with E-state index in [2.05, 4.69) is 340 Å². The highest BCUT2D eigenvalue weighted by molar-refractivity contribution is 7.00. The maximum atomic E-state index is 2.70. The van der Waals surface area contributed by atoms with Crippen LogP contribution in [0, 0.1) is 0 Å². The summed E-state index contributed by atoms with van der Waals surface area (Å²) in [4.78, 5) is 7.77. The number of hydrogen-bond donors (Lipinski definition) is 0. The van der Waals surface area contributed by atoms with E-state index in [0.717, 1.165) is 22.7 Å². The molecule has 0 atom stereocenters. The Balaban J connectivity index is 1.03. The zero-order chi connectivity index (χ0) is 59.9. The fourth-order valence-electron chi connectivity index (χ4n) is 14.7. The van der Waals surface area contributed by atoms with Gasteiger partial charge in [0.05, 0.1) is 5.69 Å². The second-order valence-electron chi connectivity index (χ2n) is 28.2. The van der Waals surface area contributed by atoms with Gasteiger partial charge in [0.1, 0.15) is 0 Å². The molecule has 4 heteroatoms. The SMILES string of the molecule is CC(C)(C)c1ccc(N(c2ccc(C(C)(C)C)cc2)c2ccc3c(c2)N(c2cccc4c2C(C)(C)c2ccccc2-4)c2cc(C(C)(C)C)cc4c2B3c2cc(-c3cccc5ccccc35)ccc2N4c2ccc(-c3cccc4ccccc34)cc2)cc1. The van der Waals surface area contributed by atoms with Crippen molar-refractivity contribution < 1.29 is 0 Å². The Bertz CT molecular complexity index is 4650. The van der Waals surface area contributed by atoms with E-state index in [4.69, 9.17) is 0 Å². The Morgan fingerprint density at radius 1 is 0.345 bits per heavy atom. The van der Waals surface area contributed by atoms with Crippen LogP contribution in [-0.2, 0) is 21.7 Å². The first kappa shape index (κ1) is 54.3. The molecule has 0 amide bonds. The molecule has 3 aliphatic rings. The standard InChI is InChI=1S/C83H74BN3/c1-80(2,3)57-36-42-60(43-37-57)85(61-44-38-58(39-45-61)81(4,5)6)63-46-47-71-75(52-63)87(74-32-20-30-69-68-27-16-17-31-70(68)83(10,11)78(69)74)77-51-59(82(7,8)9)50-76-79(77)84(71)72-49-56(67-29-19-24-54-22-13-15-26-65(54)67)35-48-73(72)86(76)62-40-33-55(34-41-62)66-28-18-23-53-21-12-14-25-64(53)66/h12-52H,1-11H3. The van der Waals surface area contributed by atoms with Crippen LogP contribution >= 0.6 is 0 Å². The highest BCUT2D eigenvalue weighted by atomic mass is 15.2. The number of rotatable bonds is 7. The van der Waals surface area contributed by atoms with E-state index in [0.29, 0.717) is 0 Å². The quantitative estimate of drug-likeness (QED) is 0.147. The molecule has 0 fully saturated rings. The van der Waals surface area contributed by atoms with Crippen LogP contribution in [0.5, 0.6) is 0 Å². The lowest BCUT2D eigenvalue weighted by atomic mass is 9.33. The van der Waals surface area contributed by atoms with Crippen LogP contribution < -0.4 is 31.1 Å². The molecule has 0 aromatic heterocycles. The Labute approximate surface area is 515 Å². The molecule has 0 spiro atoms. The summed E-state index contributed by atoms with van der Waals surface area (Å²) in [6, 6.07) is 95.0. The molecule has 2 aliphatic heterocycles. The van der Waals surface area contributed by atoms with Gasteiger partial charge in [-0.2, -0.15) is 0 Å². The van der Waals surface area contributed by atoms with Crippen molar-refractivity contribution in [2.45, 2.75) is 97.8 Å². The van der Waals surface area contributed by atoms with Crippen LogP contribution in [0.4, 0.5) is 51.2 Å². The third kappa shape index (κ3) is 8.85. The second-order valence-corrected chi connectivity index (χ2v) is 28.2. The van der Waals surface area contributed by atoms with Gasteiger partial charge in [-0.15, -0.1) is 0 Å². The molecular formula is C83H74BN3. The van der Waals surface area contributed by atoms with Gasteiger partial charge in [0, 0.05) is 50.9 Å². The maximum Gasteiger partial charge on any atom is 0.252 e. The van der Waals surface area contributed by atoms with Gasteiger partial charge in [-0.25, -0.2) is 0 Å². The summed E-state index contributed by atoms with van der Waals surface area (Å²) in [6.45, 7) is 25.7. The summed E-state index contributed by atoms with van der Waals surface area (Å²) in [6.07, 6.45) is 0. The number of hydrogen-bond acceptors (Lipinski definition) is 3. The molecule has 424 valence electrons. The molecule has 12 aromatic carbocycles. The van der Waals surface area contributed by atoms with Crippen molar-refractivity contribution >= 4 is 95.8 Å². The van der Waals surface area contributed by atoms with E-state index in [-0.39, 0.29) is 28.4 Å². The minimum Gasteiger partial charge on any atom is -0.311 e. The van der Waals surface area contributed by atoms with Crippen molar-refractivity contribution in [1.29, 1.82) is 0 Å². The number of benzene rings is 12. The second kappa shape index (κ2) is 19.8. The van der Waals surface area contributed by atoms with E-state index in [1.165, 1.54) is 128 Å². The average Bonchev–Trinajstić information content (AvgIpc) is 1.47. The van der Waals surface area contributed by atoms with Gasteiger partial charge in [-0.3, -0.25) is 0 Å². The highest BCUT2D eigenvalue weighted by Crippen LogP contribution is 2.56. The first-order chi connectivity index (χ1) is 41.8. The van der Waals surface area contributed by atoms with Crippen molar-refractivity contribution in [3.05, 3.63) is 277 Å². The molecule has 12 aromatic rings. The monoisotopic (exact) mass is 1120 g/mol. The van der Waals surface area contributed by atoms with E-state index >= 15 is 0 Å². The number of fused-ring (bicyclic) bond motifs is 9. The average molecular weight is 1120 g/mol. The van der Waals surface area contributed by atoms with Crippen LogP contribution in [0.15, 0.2) is 249 Å². The fraction of sp³-hybridized carbons (Fsp3) is 0.181. The third-order valence-corrected chi connectivity index (χ3v) is 19.3. The molecule has 15 rings (SSSR count). The molecule has 3 nitrogen and oxygen atoms in total. The zero-order valence-electron chi connectivity index (χ0n) is 52.1. The minimum absolute atomic E-state index is 0.00581. The summed E-state index contributed by atoms with van der Waals surface area (Å²) in [5, 5.41) is 4.99. The van der Waals surface area contributed by atoms with E-state index in [1.807, 2.05) is 0 Å². The predicted octanol–water partition coefficient (Wildman–Crippen LogP) is 21.1. The van der Waals surface area contributed by atoms with Crippen molar-refractivity contribution in [2.24, 2.45) is 0 Å². The van der Waals surface area contributed by atoms with Gasteiger partial charge in [-0.05, 0) is 188 Å². The Morgan fingerprint density at radius 2 is 0.839 bits per heavy atom. The molecule has 0 radical (unpaired) electrons. The van der Waals surface area contributed by atoms with Gasteiger partial charge in [0.2, 0.25) is 0 Å². The Kier molecular flexibility index (Phi) is 12.4. The number of nitrogens with zero attached hydrogens (tertiary/aromatic N) is 3. The van der Waals surface area contributed by atoms with Gasteiger partial charge in [-0.1, -0.05) is 252 Å². The molecule has 0 bridgehead atoms. The van der Waals surface area contributed by atoms with Gasteiger partial charge >= 0.3 is 0 Å². The van der Waals surface area contributed by atoms with Gasteiger partial charge in [0.15, 0.2) is 0 Å². The molecule has 0 N–H and O–H groups in total. The molecular weight excluding hydrogens is 1050 g/mol. The van der Waals surface area contributed by atoms with Crippen molar-refractivity contribution in [3.8, 4) is 33.4 Å². The van der Waals surface area contributed by atoms with E-state index in [1.54, 1.807) is 0 Å². The van der Waals surface area contributed by atoms with Gasteiger partial charge < -0.3 is 14.7 Å². The fourth-order valence-corrected chi connectivity index (χ4v) is 14.7. The summed E-state index contributed by atoms with van der Waals surface area (Å²) < 4.78 is 0. The summed E-state index contributed by atoms with van der Waals surface area (Å²) in [5.74, 6) is 0. The molecule has 87 heavy (non-hydrogen) atoms. The van der Waals surface area contributed by atoms with E-state index < -0.39 is 0 Å². The largest absolute Gasteiger partial charge is 0.311 e. The minimum atomic E-state index is -0.299. The summed E-state index contributed by atoms with van der Waals surface area (Å²) >= 11 is 0. The smallest absolute Gasteiger partial charge is 0.252 e. The normalized spacial score (nSPS) is 13.9. The lowest BCUT2D eigenvalue weighted by molar-refractivity contribution is 0.590. The van der Waals surface area contributed by atoms with Crippen LogP contribution in [0.2, 0.25) is 0 Å². The van der Waals surface area contributed by atoms with Crippen LogP contribution in [0.3, 0.4) is 0 Å². The number of anilines is 9. The van der Waals surface area contributed by atoms with Crippen LogP contribution in [-0.4, -0.2) is 6.71 Å². The van der Waals surface area contributed by atoms with Crippen LogP contribution in [0.25, 0.3) is 54.9 Å². The lowest BCUT2D eigenvalue weighted by Gasteiger charge is -2.46. The first-order valence-electron chi connectivity index (χ1n) is 31.2. The third-order valence-electron chi connectivity index (χ3n) is 19.3. The zero-order valence-corrected chi connectivity index (χ0v) is 52.1. The van der Waals surface area contributed by atoms with Crippen molar-refractivity contribution in [2.75, 3.05) is 14.7 Å². The molecule has 0 saturated carbocycles. The molecule has 0 unspecified atom stereocenters. The summed E-state index contributed by atoms with van der Waals surface area (Å²) in [7, 11) is 0. The van der Waals surface area contributed by atoms with Crippen molar-refractivity contribution in [3.63, 3.8) is 0 Å². The Hall–Kier alpha value is -9.38. The Morgan fingerprint density at radius 3 is 1.45 bits per heavy atom. The van der Waals surface area contributed by atoms with Gasteiger partial charge in [0.25, 0.3) is 6.71 Å². The van der Waals surface area contributed by atoms with E-state index in [9.17, 15) is 0 Å². The molecule has 2 heterocycles. The topological polar surface area (TPSA) is 9.72 Å².